The predicted octanol–water partition coefficient (Wildman–Crippen LogP) is 4.70. The molecule has 3 heteroatoms. The van der Waals surface area contributed by atoms with E-state index in [2.05, 4.69) is 6.92 Å². The fourth-order valence-electron chi connectivity index (χ4n) is 2.93. The van der Waals surface area contributed by atoms with Crippen LogP contribution in [0.2, 0.25) is 0 Å². The molecule has 0 radical (unpaired) electrons. The van der Waals surface area contributed by atoms with Gasteiger partial charge in [0, 0.05) is 17.4 Å². The van der Waals surface area contributed by atoms with E-state index in [1.165, 1.54) is 0 Å². The maximum Gasteiger partial charge on any atom is 0.135 e. The van der Waals surface area contributed by atoms with Gasteiger partial charge >= 0.3 is 0 Å². The van der Waals surface area contributed by atoms with Crippen molar-refractivity contribution in [3.63, 3.8) is 0 Å². The molecule has 0 aliphatic rings. The topological polar surface area (TPSA) is 53.6 Å². The van der Waals surface area contributed by atoms with Gasteiger partial charge in [-0.1, -0.05) is 25.5 Å². The van der Waals surface area contributed by atoms with E-state index < -0.39 is 0 Å². The fraction of sp³-hybridized carbons (Fsp3) is 0.263. The lowest BCUT2D eigenvalue weighted by atomic mass is 9.99. The Kier molecular flexibility index (Phi) is 3.80. The molecule has 0 spiro atoms. The molecule has 3 rings (SSSR count). The molecule has 3 nitrogen and oxygen atoms in total. The number of phenolic OH excluding ortho intramolecular Hbond substituents is 2. The van der Waals surface area contributed by atoms with Crippen LogP contribution in [0, 0.1) is 6.92 Å². The monoisotopic (exact) mass is 296 g/mol. The Labute approximate surface area is 129 Å². The van der Waals surface area contributed by atoms with E-state index in [1.54, 1.807) is 18.2 Å². The van der Waals surface area contributed by atoms with E-state index in [0.29, 0.717) is 12.2 Å². The summed E-state index contributed by atoms with van der Waals surface area (Å²) in [6.45, 7) is 4.14. The Bertz CT molecular complexity index is 798. The van der Waals surface area contributed by atoms with Gasteiger partial charge in [-0.25, -0.2) is 0 Å². The van der Waals surface area contributed by atoms with Crippen molar-refractivity contribution < 1.29 is 14.6 Å². The van der Waals surface area contributed by atoms with Crippen LogP contribution in [-0.4, -0.2) is 10.2 Å². The van der Waals surface area contributed by atoms with Crippen molar-refractivity contribution >= 4 is 11.0 Å². The van der Waals surface area contributed by atoms with Crippen LogP contribution in [0.15, 0.2) is 40.8 Å². The van der Waals surface area contributed by atoms with E-state index in [4.69, 9.17) is 4.42 Å². The molecular weight excluding hydrogens is 276 g/mol. The van der Waals surface area contributed by atoms with E-state index in [0.717, 1.165) is 46.3 Å². The Morgan fingerprint density at radius 2 is 1.73 bits per heavy atom. The number of fused-ring (bicyclic) bond motifs is 1. The highest BCUT2D eigenvalue weighted by molar-refractivity contribution is 5.87. The third-order valence-electron chi connectivity index (χ3n) is 4.08. The van der Waals surface area contributed by atoms with Gasteiger partial charge in [-0.15, -0.1) is 0 Å². The van der Waals surface area contributed by atoms with Crippen molar-refractivity contribution in [3.8, 4) is 11.5 Å². The highest BCUT2D eigenvalue weighted by Gasteiger charge is 2.16. The van der Waals surface area contributed by atoms with Crippen molar-refractivity contribution in [2.24, 2.45) is 0 Å². The number of benzene rings is 2. The summed E-state index contributed by atoms with van der Waals surface area (Å²) >= 11 is 0. The minimum absolute atomic E-state index is 0.264. The molecule has 0 saturated heterocycles. The molecule has 0 fully saturated rings. The number of phenols is 2. The second-order valence-electron chi connectivity index (χ2n) is 5.68. The van der Waals surface area contributed by atoms with Gasteiger partial charge in [0.1, 0.15) is 22.8 Å². The van der Waals surface area contributed by atoms with Crippen LogP contribution in [0.25, 0.3) is 11.0 Å². The SMILES string of the molecule is CCCc1c(O)ccc2oc(Cc3ccc(O)cc3)c(C)c12. The Balaban J connectivity index is 2.06. The van der Waals surface area contributed by atoms with Crippen molar-refractivity contribution in [1.82, 2.24) is 0 Å². The molecule has 0 aliphatic heterocycles. The van der Waals surface area contributed by atoms with E-state index in [9.17, 15) is 10.2 Å². The number of hydrogen-bond acceptors (Lipinski definition) is 3. The van der Waals surface area contributed by atoms with E-state index >= 15 is 0 Å². The van der Waals surface area contributed by atoms with Gasteiger partial charge in [0.05, 0.1) is 0 Å². The molecule has 1 aromatic heterocycles. The number of aryl methyl sites for hydroxylation is 2. The summed E-state index contributed by atoms with van der Waals surface area (Å²) < 4.78 is 6.00. The zero-order valence-corrected chi connectivity index (χ0v) is 12.9. The van der Waals surface area contributed by atoms with Gasteiger partial charge in [0.2, 0.25) is 0 Å². The highest BCUT2D eigenvalue weighted by atomic mass is 16.3. The minimum Gasteiger partial charge on any atom is -0.508 e. The lowest BCUT2D eigenvalue weighted by Crippen LogP contribution is -1.90. The van der Waals surface area contributed by atoms with Crippen LogP contribution < -0.4 is 0 Å². The quantitative estimate of drug-likeness (QED) is 0.734. The largest absolute Gasteiger partial charge is 0.508 e. The normalized spacial score (nSPS) is 11.2. The number of aromatic hydroxyl groups is 2. The number of furan rings is 1. The average molecular weight is 296 g/mol. The maximum atomic E-state index is 10.1. The van der Waals surface area contributed by atoms with Gasteiger partial charge in [0.25, 0.3) is 0 Å². The lowest BCUT2D eigenvalue weighted by Gasteiger charge is -2.05. The Morgan fingerprint density at radius 3 is 2.41 bits per heavy atom. The van der Waals surface area contributed by atoms with E-state index in [1.807, 2.05) is 25.1 Å². The van der Waals surface area contributed by atoms with Gasteiger partial charge in [-0.3, -0.25) is 0 Å². The maximum absolute atomic E-state index is 10.1. The molecule has 2 aromatic carbocycles. The number of hydrogen-bond donors (Lipinski definition) is 2. The molecule has 0 bridgehead atoms. The zero-order valence-electron chi connectivity index (χ0n) is 12.9. The summed E-state index contributed by atoms with van der Waals surface area (Å²) in [6, 6.07) is 10.7. The first-order valence-electron chi connectivity index (χ1n) is 7.61. The van der Waals surface area contributed by atoms with Gasteiger partial charge in [-0.2, -0.15) is 0 Å². The van der Waals surface area contributed by atoms with E-state index in [-0.39, 0.29) is 5.75 Å². The van der Waals surface area contributed by atoms with Gasteiger partial charge in [-0.05, 0) is 48.7 Å². The fourth-order valence-corrected chi connectivity index (χ4v) is 2.93. The van der Waals surface area contributed by atoms with Crippen molar-refractivity contribution in [3.05, 3.63) is 58.8 Å². The molecule has 22 heavy (non-hydrogen) atoms. The third-order valence-corrected chi connectivity index (χ3v) is 4.08. The predicted molar refractivity (Wildman–Crippen MR) is 87.5 cm³/mol. The van der Waals surface area contributed by atoms with Crippen molar-refractivity contribution in [2.45, 2.75) is 33.1 Å². The van der Waals surface area contributed by atoms with Crippen molar-refractivity contribution in [1.29, 1.82) is 0 Å². The summed E-state index contributed by atoms with van der Waals surface area (Å²) in [4.78, 5) is 0. The molecule has 0 unspecified atom stereocenters. The lowest BCUT2D eigenvalue weighted by molar-refractivity contribution is 0.468. The first-order valence-corrected chi connectivity index (χ1v) is 7.61. The summed E-state index contributed by atoms with van der Waals surface area (Å²) in [5, 5.41) is 20.5. The van der Waals surface area contributed by atoms with Crippen LogP contribution in [0.4, 0.5) is 0 Å². The average Bonchev–Trinajstić information content (AvgIpc) is 2.81. The Hall–Kier alpha value is -2.42. The van der Waals surface area contributed by atoms with Crippen LogP contribution in [0.1, 0.15) is 35.8 Å². The molecule has 0 aliphatic carbocycles. The van der Waals surface area contributed by atoms with Crippen LogP contribution in [0.5, 0.6) is 11.5 Å². The van der Waals surface area contributed by atoms with Crippen molar-refractivity contribution in [2.75, 3.05) is 0 Å². The number of rotatable bonds is 4. The molecule has 0 atom stereocenters. The standard InChI is InChI=1S/C19H20O3/c1-3-4-15-16(21)9-10-17-19(15)12(2)18(22-17)11-13-5-7-14(20)8-6-13/h5-10,20-21H,3-4,11H2,1-2H3. The third kappa shape index (κ3) is 2.54. The zero-order chi connectivity index (χ0) is 15.7. The van der Waals surface area contributed by atoms with Crippen LogP contribution in [-0.2, 0) is 12.8 Å². The first-order chi connectivity index (χ1) is 10.6. The summed E-state index contributed by atoms with van der Waals surface area (Å²) in [6.07, 6.45) is 2.49. The summed E-state index contributed by atoms with van der Waals surface area (Å²) in [5.41, 5.74) is 3.97. The highest BCUT2D eigenvalue weighted by Crippen LogP contribution is 2.35. The second kappa shape index (κ2) is 5.76. The first kappa shape index (κ1) is 14.5. The van der Waals surface area contributed by atoms with Crippen LogP contribution >= 0.6 is 0 Å². The molecule has 1 heterocycles. The molecule has 0 saturated carbocycles. The van der Waals surface area contributed by atoms with Gasteiger partial charge < -0.3 is 14.6 Å². The summed E-state index contributed by atoms with van der Waals surface area (Å²) in [5.74, 6) is 1.51. The molecule has 3 aromatic rings. The van der Waals surface area contributed by atoms with Crippen LogP contribution in [0.3, 0.4) is 0 Å². The van der Waals surface area contributed by atoms with Gasteiger partial charge in [0.15, 0.2) is 0 Å². The second-order valence-corrected chi connectivity index (χ2v) is 5.68. The molecule has 2 N–H and O–H groups in total. The molecular formula is C19H20O3. The molecule has 114 valence electrons. The molecule has 0 amide bonds. The smallest absolute Gasteiger partial charge is 0.135 e. The Morgan fingerprint density at radius 1 is 1.00 bits per heavy atom. The minimum atomic E-state index is 0.264. The summed E-state index contributed by atoms with van der Waals surface area (Å²) in [7, 11) is 0.